The van der Waals surface area contributed by atoms with Crippen molar-refractivity contribution in [3.63, 3.8) is 0 Å². The van der Waals surface area contributed by atoms with Crippen LogP contribution in [0.5, 0.6) is 0 Å². The number of fused-ring (bicyclic) bond motifs is 1. The number of hydrogen-bond acceptors (Lipinski definition) is 13. The number of aromatic nitrogens is 2. The summed E-state index contributed by atoms with van der Waals surface area (Å²) in [5.74, 6) is -2.50. The van der Waals surface area contributed by atoms with Crippen molar-refractivity contribution in [2.75, 3.05) is 0 Å². The molecule has 17 heteroatoms. The van der Waals surface area contributed by atoms with Crippen LogP contribution < -0.4 is 0 Å². The minimum atomic E-state index is -2.11. The predicted octanol–water partition coefficient (Wildman–Crippen LogP) is 3.96. The molecule has 0 spiro atoms. The van der Waals surface area contributed by atoms with E-state index in [4.69, 9.17) is 14.2 Å². The first-order valence-corrected chi connectivity index (χ1v) is 15.2. The summed E-state index contributed by atoms with van der Waals surface area (Å²) in [6.45, 7) is 4.34. The summed E-state index contributed by atoms with van der Waals surface area (Å²) in [6.07, 6.45) is 0.646. The molecule has 0 aliphatic carbocycles. The lowest BCUT2D eigenvalue weighted by molar-refractivity contribution is -0.385. The van der Waals surface area contributed by atoms with Crippen molar-refractivity contribution in [3.8, 4) is 0 Å². The minimum absolute atomic E-state index is 0.0474. The van der Waals surface area contributed by atoms with Crippen LogP contribution in [0.3, 0.4) is 0 Å². The first-order chi connectivity index (χ1) is 22.3. The second-order valence-electron chi connectivity index (χ2n) is 11.2. The third-order valence-corrected chi connectivity index (χ3v) is 9.45. The summed E-state index contributed by atoms with van der Waals surface area (Å²) in [6, 6.07) is 11.5. The monoisotopic (exact) mass is 665 g/mol. The van der Waals surface area contributed by atoms with E-state index in [1.54, 1.807) is 13.8 Å². The molecule has 3 heterocycles. The van der Waals surface area contributed by atoms with Gasteiger partial charge in [0, 0.05) is 42.1 Å². The largest absolute Gasteiger partial charge is 0.508 e. The molecule has 1 amide bonds. The van der Waals surface area contributed by atoms with E-state index in [0.717, 1.165) is 0 Å². The number of esters is 1. The number of amides is 1. The van der Waals surface area contributed by atoms with Gasteiger partial charge in [-0.05, 0) is 48.4 Å². The maximum atomic E-state index is 13.9. The lowest BCUT2D eigenvalue weighted by atomic mass is 9.71. The van der Waals surface area contributed by atoms with Gasteiger partial charge in [0.1, 0.15) is 35.8 Å². The van der Waals surface area contributed by atoms with Gasteiger partial charge in [-0.25, -0.2) is 23.8 Å². The number of carbonyl (C=O) groups excluding carboxylic acids is 3. The number of nitro benzene ring substituents is 2. The zero-order valence-electron chi connectivity index (χ0n) is 25.1. The Bertz CT molecular complexity index is 1800. The first kappa shape index (κ1) is 32.8. The number of carbonyl (C=O) groups is 3. The number of non-ortho nitro benzene ring substituents is 2. The molecular formula is C30H27N5O11S. The van der Waals surface area contributed by atoms with E-state index in [1.807, 2.05) is 0 Å². The van der Waals surface area contributed by atoms with Gasteiger partial charge < -0.3 is 14.2 Å². The molecule has 4 unspecified atom stereocenters. The third-order valence-electron chi connectivity index (χ3n) is 7.82. The van der Waals surface area contributed by atoms with E-state index >= 15 is 0 Å². The molecule has 2 aromatic carbocycles. The van der Waals surface area contributed by atoms with Gasteiger partial charge in [-0.2, -0.15) is 0 Å². The minimum Gasteiger partial charge on any atom is -0.456 e. The fourth-order valence-electron chi connectivity index (χ4n) is 5.58. The number of rotatable bonds is 11. The highest BCUT2D eigenvalue weighted by atomic mass is 32.2. The molecule has 1 aromatic heterocycles. The van der Waals surface area contributed by atoms with Gasteiger partial charge in [-0.1, -0.05) is 13.8 Å². The molecule has 244 valence electrons. The van der Waals surface area contributed by atoms with Crippen LogP contribution in [0.1, 0.15) is 31.9 Å². The average Bonchev–Trinajstić information content (AvgIpc) is 3.26. The van der Waals surface area contributed by atoms with Crippen LogP contribution in [0.15, 0.2) is 82.7 Å². The Morgan fingerprint density at radius 2 is 1.45 bits per heavy atom. The number of nitrogens with zero attached hydrogens (tertiary/aromatic N) is 5. The smallest absolute Gasteiger partial charge is 0.456 e. The molecule has 0 N–H and O–H groups in total. The van der Waals surface area contributed by atoms with Crippen LogP contribution in [0, 0.1) is 31.6 Å². The van der Waals surface area contributed by atoms with Gasteiger partial charge in [0.2, 0.25) is 11.1 Å². The lowest BCUT2D eigenvalue weighted by Crippen LogP contribution is -2.66. The average molecular weight is 666 g/mol. The van der Waals surface area contributed by atoms with E-state index in [0.29, 0.717) is 11.1 Å². The fraction of sp³-hybridized carbons (Fsp3) is 0.300. The van der Waals surface area contributed by atoms with Crippen molar-refractivity contribution in [2.45, 2.75) is 51.3 Å². The molecular weight excluding hydrogens is 638 g/mol. The van der Waals surface area contributed by atoms with Gasteiger partial charge >= 0.3 is 12.1 Å². The van der Waals surface area contributed by atoms with E-state index in [1.165, 1.54) is 78.8 Å². The van der Waals surface area contributed by atoms with Crippen LogP contribution in [0.2, 0.25) is 0 Å². The van der Waals surface area contributed by atoms with E-state index < -0.39 is 62.2 Å². The van der Waals surface area contributed by atoms with Crippen LogP contribution >= 0.6 is 0 Å². The van der Waals surface area contributed by atoms with E-state index in [9.17, 15) is 38.8 Å². The summed E-state index contributed by atoms with van der Waals surface area (Å²) in [4.78, 5) is 69.8. The molecule has 4 atom stereocenters. The topological polar surface area (TPSA) is 211 Å². The SMILES string of the molecule is CC(OC(=O)OCc1ccc([N+](=O)[O-])cc1)C1C(=O)N2C(C(=O)OCc3ccc([N+](=O)[O-])cc3)=C(S(=O)c3ncccn3)C(C)(C)C12. The van der Waals surface area contributed by atoms with Crippen molar-refractivity contribution in [1.82, 2.24) is 14.9 Å². The molecule has 3 aromatic rings. The van der Waals surface area contributed by atoms with Crippen LogP contribution in [-0.2, 0) is 47.8 Å². The van der Waals surface area contributed by atoms with Crippen molar-refractivity contribution in [3.05, 3.63) is 109 Å². The first-order valence-electron chi connectivity index (χ1n) is 14.0. The quantitative estimate of drug-likeness (QED) is 0.0934. The summed E-state index contributed by atoms with van der Waals surface area (Å²) >= 11 is 0. The molecule has 2 aliphatic heterocycles. The molecule has 16 nitrogen and oxygen atoms in total. The summed E-state index contributed by atoms with van der Waals surface area (Å²) in [5.41, 5.74) is -0.729. The Kier molecular flexibility index (Phi) is 9.10. The molecule has 2 aliphatic rings. The van der Waals surface area contributed by atoms with Crippen molar-refractivity contribution in [2.24, 2.45) is 11.3 Å². The Hall–Kier alpha value is -5.58. The predicted molar refractivity (Wildman–Crippen MR) is 160 cm³/mol. The van der Waals surface area contributed by atoms with Crippen molar-refractivity contribution >= 4 is 40.2 Å². The van der Waals surface area contributed by atoms with Gasteiger partial charge in [0.25, 0.3) is 11.4 Å². The molecule has 0 bridgehead atoms. The van der Waals surface area contributed by atoms with Crippen LogP contribution in [0.25, 0.3) is 0 Å². The highest BCUT2D eigenvalue weighted by Crippen LogP contribution is 2.56. The number of hydrogen-bond donors (Lipinski definition) is 0. The molecule has 1 saturated heterocycles. The number of β-lactam (4-membered cyclic amide) rings is 1. The van der Waals surface area contributed by atoms with Crippen molar-refractivity contribution < 1.29 is 42.6 Å². The molecule has 5 rings (SSSR count). The summed E-state index contributed by atoms with van der Waals surface area (Å²) in [5, 5.41) is 21.7. The molecule has 47 heavy (non-hydrogen) atoms. The van der Waals surface area contributed by atoms with E-state index in [2.05, 4.69) is 9.97 Å². The Balaban J connectivity index is 1.34. The lowest BCUT2D eigenvalue weighted by Gasteiger charge is -2.50. The van der Waals surface area contributed by atoms with Gasteiger partial charge in [0.15, 0.2) is 0 Å². The normalized spacial score (nSPS) is 19.2. The third kappa shape index (κ3) is 6.42. The maximum Gasteiger partial charge on any atom is 0.508 e. The highest BCUT2D eigenvalue weighted by molar-refractivity contribution is 7.89. The van der Waals surface area contributed by atoms with Crippen molar-refractivity contribution in [1.29, 1.82) is 0 Å². The standard InChI is InChI=1S/C30H27N5O11S/c1-17(46-29(38)45-16-19-7-11-21(12-8-19)35(41)42)22-24-30(2,3)25(47(43)28-31-13-4-14-32-28)23(33(24)26(22)36)27(37)44-15-18-5-9-20(10-6-18)34(39)40/h4-14,17,22,24H,15-16H2,1-3H3. The maximum absolute atomic E-state index is 13.9. The van der Waals surface area contributed by atoms with Gasteiger partial charge in [-0.3, -0.25) is 29.9 Å². The zero-order chi connectivity index (χ0) is 34.0. The Morgan fingerprint density at radius 1 is 0.936 bits per heavy atom. The molecule has 1 fully saturated rings. The number of nitro groups is 2. The second kappa shape index (κ2) is 13.0. The van der Waals surface area contributed by atoms with Crippen LogP contribution in [0.4, 0.5) is 16.2 Å². The number of ether oxygens (including phenoxy) is 3. The number of benzene rings is 2. The second-order valence-corrected chi connectivity index (χ2v) is 12.5. The van der Waals surface area contributed by atoms with E-state index in [-0.39, 0.29) is 40.3 Å². The zero-order valence-corrected chi connectivity index (χ0v) is 25.9. The molecule has 0 radical (unpaired) electrons. The van der Waals surface area contributed by atoms with Gasteiger partial charge in [0.05, 0.1) is 26.7 Å². The summed E-state index contributed by atoms with van der Waals surface area (Å²) < 4.78 is 29.9. The fourth-order valence-corrected chi connectivity index (χ4v) is 7.03. The molecule has 0 saturated carbocycles. The van der Waals surface area contributed by atoms with Crippen LogP contribution in [-0.4, -0.2) is 59.1 Å². The van der Waals surface area contributed by atoms with Gasteiger partial charge in [-0.15, -0.1) is 0 Å². The Labute approximate surface area is 269 Å². The highest BCUT2D eigenvalue weighted by Gasteiger charge is 2.66. The summed E-state index contributed by atoms with van der Waals surface area (Å²) in [7, 11) is -2.11. The Morgan fingerprint density at radius 3 is 1.96 bits per heavy atom.